The van der Waals surface area contributed by atoms with Crippen LogP contribution in [0, 0.1) is 11.8 Å². The molecule has 2 rings (SSSR count). The van der Waals surface area contributed by atoms with Crippen molar-refractivity contribution in [2.45, 2.75) is 31.9 Å². The second-order valence-electron chi connectivity index (χ2n) is 5.13. The number of nitrogens with one attached hydrogen (secondary N) is 1. The highest BCUT2D eigenvalue weighted by Gasteiger charge is 2.42. The standard InChI is InChI=1S/C14H16F3NO2/c15-14(16,17)10-6-4-9(5-7-10)13(20)18-11-2-1-3-12(19)8-11/h1-3,8-10,19H,4-7H2,(H,18,20). The Kier molecular flexibility index (Phi) is 4.20. The highest BCUT2D eigenvalue weighted by atomic mass is 19.4. The fourth-order valence-corrected chi connectivity index (χ4v) is 2.51. The van der Waals surface area contributed by atoms with Crippen LogP contribution in [0.3, 0.4) is 0 Å². The maximum atomic E-state index is 12.5. The highest BCUT2D eigenvalue weighted by molar-refractivity contribution is 5.92. The monoisotopic (exact) mass is 287 g/mol. The minimum Gasteiger partial charge on any atom is -0.508 e. The molecule has 1 aliphatic carbocycles. The molecule has 1 amide bonds. The van der Waals surface area contributed by atoms with Crippen molar-refractivity contribution in [1.29, 1.82) is 0 Å². The molecule has 0 unspecified atom stereocenters. The van der Waals surface area contributed by atoms with Gasteiger partial charge in [0, 0.05) is 17.7 Å². The van der Waals surface area contributed by atoms with Crippen molar-refractivity contribution in [3.63, 3.8) is 0 Å². The fourth-order valence-electron chi connectivity index (χ4n) is 2.51. The Labute approximate surface area is 114 Å². The van der Waals surface area contributed by atoms with E-state index < -0.39 is 18.0 Å². The summed E-state index contributed by atoms with van der Waals surface area (Å²) >= 11 is 0. The van der Waals surface area contributed by atoms with Crippen molar-refractivity contribution in [3.05, 3.63) is 24.3 Å². The number of phenols is 1. The van der Waals surface area contributed by atoms with Crippen molar-refractivity contribution < 1.29 is 23.1 Å². The van der Waals surface area contributed by atoms with Crippen LogP contribution in [0.4, 0.5) is 18.9 Å². The smallest absolute Gasteiger partial charge is 0.391 e. The van der Waals surface area contributed by atoms with Gasteiger partial charge in [0.25, 0.3) is 0 Å². The number of carbonyl (C=O) groups is 1. The average Bonchev–Trinajstić information content (AvgIpc) is 2.38. The molecular formula is C14H16F3NO2. The first-order chi connectivity index (χ1) is 9.36. The maximum Gasteiger partial charge on any atom is 0.391 e. The van der Waals surface area contributed by atoms with Gasteiger partial charge < -0.3 is 10.4 Å². The quantitative estimate of drug-likeness (QED) is 0.871. The molecule has 1 aromatic carbocycles. The number of aromatic hydroxyl groups is 1. The largest absolute Gasteiger partial charge is 0.508 e. The molecule has 1 aromatic rings. The summed E-state index contributed by atoms with van der Waals surface area (Å²) in [5.41, 5.74) is 0.452. The summed E-state index contributed by atoms with van der Waals surface area (Å²) in [7, 11) is 0. The maximum absolute atomic E-state index is 12.5. The van der Waals surface area contributed by atoms with Gasteiger partial charge in [-0.05, 0) is 37.8 Å². The van der Waals surface area contributed by atoms with Crippen LogP contribution in [0.5, 0.6) is 5.75 Å². The summed E-state index contributed by atoms with van der Waals surface area (Å²) < 4.78 is 37.6. The van der Waals surface area contributed by atoms with Crippen LogP contribution in [-0.2, 0) is 4.79 Å². The molecule has 1 aliphatic rings. The number of halogens is 3. The number of hydrogen-bond donors (Lipinski definition) is 2. The molecule has 0 saturated heterocycles. The van der Waals surface area contributed by atoms with Crippen LogP contribution in [0.25, 0.3) is 0 Å². The predicted molar refractivity (Wildman–Crippen MR) is 68.2 cm³/mol. The van der Waals surface area contributed by atoms with Gasteiger partial charge in [-0.3, -0.25) is 4.79 Å². The first-order valence-corrected chi connectivity index (χ1v) is 6.53. The number of benzene rings is 1. The van der Waals surface area contributed by atoms with Gasteiger partial charge in [-0.15, -0.1) is 0 Å². The third kappa shape index (κ3) is 3.65. The molecule has 2 N–H and O–H groups in total. The van der Waals surface area contributed by atoms with Gasteiger partial charge in [-0.1, -0.05) is 6.07 Å². The van der Waals surface area contributed by atoms with E-state index in [1.54, 1.807) is 12.1 Å². The van der Waals surface area contributed by atoms with Crippen molar-refractivity contribution in [2.24, 2.45) is 11.8 Å². The minimum atomic E-state index is -4.16. The van der Waals surface area contributed by atoms with Crippen LogP contribution >= 0.6 is 0 Å². The number of amides is 1. The van der Waals surface area contributed by atoms with Gasteiger partial charge in [0.1, 0.15) is 5.75 Å². The molecule has 1 fully saturated rings. The lowest BCUT2D eigenvalue weighted by Crippen LogP contribution is -2.32. The first-order valence-electron chi connectivity index (χ1n) is 6.53. The molecule has 0 spiro atoms. The van der Waals surface area contributed by atoms with Crippen LogP contribution in [0.1, 0.15) is 25.7 Å². The molecule has 0 atom stereocenters. The summed E-state index contributed by atoms with van der Waals surface area (Å²) in [5.74, 6) is -1.93. The van der Waals surface area contributed by atoms with Crippen molar-refractivity contribution in [3.8, 4) is 5.75 Å². The zero-order valence-corrected chi connectivity index (χ0v) is 10.8. The molecule has 6 heteroatoms. The van der Waals surface area contributed by atoms with Crippen LogP contribution in [-0.4, -0.2) is 17.2 Å². The Hall–Kier alpha value is -1.72. The first kappa shape index (κ1) is 14.7. The summed E-state index contributed by atoms with van der Waals surface area (Å²) in [5, 5.41) is 11.9. The summed E-state index contributed by atoms with van der Waals surface area (Å²) in [6.07, 6.45) is -3.67. The van der Waals surface area contributed by atoms with Crippen molar-refractivity contribution in [1.82, 2.24) is 0 Å². The van der Waals surface area contributed by atoms with Gasteiger partial charge in [-0.2, -0.15) is 13.2 Å². The lowest BCUT2D eigenvalue weighted by molar-refractivity contribution is -0.184. The van der Waals surface area contributed by atoms with E-state index in [1.165, 1.54) is 12.1 Å². The van der Waals surface area contributed by atoms with E-state index in [1.807, 2.05) is 0 Å². The molecule has 110 valence electrons. The second-order valence-corrected chi connectivity index (χ2v) is 5.13. The number of rotatable bonds is 2. The molecule has 20 heavy (non-hydrogen) atoms. The van der Waals surface area contributed by atoms with E-state index in [0.29, 0.717) is 5.69 Å². The Morgan fingerprint density at radius 1 is 1.20 bits per heavy atom. The third-order valence-corrected chi connectivity index (χ3v) is 3.67. The molecule has 1 saturated carbocycles. The Balaban J connectivity index is 1.89. The predicted octanol–water partition coefficient (Wildman–Crippen LogP) is 3.70. The Morgan fingerprint density at radius 3 is 2.40 bits per heavy atom. The van der Waals surface area contributed by atoms with Crippen LogP contribution in [0.15, 0.2) is 24.3 Å². The van der Waals surface area contributed by atoms with E-state index in [4.69, 9.17) is 0 Å². The molecule has 0 aliphatic heterocycles. The molecule has 3 nitrogen and oxygen atoms in total. The Bertz CT molecular complexity index is 480. The molecular weight excluding hydrogens is 271 g/mol. The number of phenolic OH excluding ortho intramolecular Hbond substituents is 1. The fraction of sp³-hybridized carbons (Fsp3) is 0.500. The van der Waals surface area contributed by atoms with Crippen molar-refractivity contribution >= 4 is 11.6 Å². The lowest BCUT2D eigenvalue weighted by Gasteiger charge is -2.29. The third-order valence-electron chi connectivity index (χ3n) is 3.67. The van der Waals surface area contributed by atoms with Gasteiger partial charge in [0.2, 0.25) is 5.91 Å². The molecule has 0 bridgehead atoms. The summed E-state index contributed by atoms with van der Waals surface area (Å²) in [6.45, 7) is 0. The second kappa shape index (κ2) is 5.73. The van der Waals surface area contributed by atoms with Gasteiger partial charge in [0.15, 0.2) is 0 Å². The number of anilines is 1. The van der Waals surface area contributed by atoms with E-state index in [9.17, 15) is 23.1 Å². The van der Waals surface area contributed by atoms with E-state index >= 15 is 0 Å². The normalized spacial score (nSPS) is 23.4. The summed E-state index contributed by atoms with van der Waals surface area (Å²) in [6, 6.07) is 6.09. The van der Waals surface area contributed by atoms with E-state index in [2.05, 4.69) is 5.32 Å². The molecule has 0 radical (unpaired) electrons. The minimum absolute atomic E-state index is 0.00161. The summed E-state index contributed by atoms with van der Waals surface area (Å²) in [4.78, 5) is 12.0. The van der Waals surface area contributed by atoms with E-state index in [0.717, 1.165) is 0 Å². The zero-order valence-electron chi connectivity index (χ0n) is 10.8. The average molecular weight is 287 g/mol. The van der Waals surface area contributed by atoms with Crippen LogP contribution < -0.4 is 5.32 Å². The van der Waals surface area contributed by atoms with Gasteiger partial charge in [0.05, 0.1) is 5.92 Å². The lowest BCUT2D eigenvalue weighted by atomic mass is 9.81. The topological polar surface area (TPSA) is 49.3 Å². The number of hydrogen-bond acceptors (Lipinski definition) is 2. The molecule has 0 aromatic heterocycles. The zero-order chi connectivity index (χ0) is 14.8. The highest BCUT2D eigenvalue weighted by Crippen LogP contribution is 2.39. The van der Waals surface area contributed by atoms with Crippen LogP contribution in [0.2, 0.25) is 0 Å². The SMILES string of the molecule is O=C(Nc1cccc(O)c1)C1CCC(C(F)(F)F)CC1. The number of alkyl halides is 3. The number of carbonyl (C=O) groups excluding carboxylic acids is 1. The van der Waals surface area contributed by atoms with Gasteiger partial charge >= 0.3 is 6.18 Å². The Morgan fingerprint density at radius 2 is 1.85 bits per heavy atom. The molecule has 0 heterocycles. The van der Waals surface area contributed by atoms with Gasteiger partial charge in [-0.25, -0.2) is 0 Å². The van der Waals surface area contributed by atoms with Crippen molar-refractivity contribution in [2.75, 3.05) is 5.32 Å². The van der Waals surface area contributed by atoms with E-state index in [-0.39, 0.29) is 37.3 Å².